The molecule has 0 radical (unpaired) electrons. The summed E-state index contributed by atoms with van der Waals surface area (Å²) in [6.45, 7) is 2.10. The summed E-state index contributed by atoms with van der Waals surface area (Å²) in [6.07, 6.45) is 6.84. The van der Waals surface area contributed by atoms with Crippen LogP contribution in [0.2, 0.25) is 0 Å². The molecular weight excluding hydrogens is 290 g/mol. The van der Waals surface area contributed by atoms with E-state index in [1.54, 1.807) is 12.6 Å². The standard InChI is InChI=1S/C18H19N3O2/c1-2-11-3-6-17-13(7-11)14(9-23-17)18(22)21-12-4-5-15-16(8-12)20-10-19-15/h3,6-7,9-10,12H,2,4-5,8H2,1H3,(H,19,20)(H,21,22). The lowest BCUT2D eigenvalue weighted by Gasteiger charge is -2.22. The van der Waals surface area contributed by atoms with Crippen molar-refractivity contribution in [2.45, 2.75) is 38.6 Å². The molecule has 2 N–H and O–H groups in total. The van der Waals surface area contributed by atoms with Crippen molar-refractivity contribution in [3.05, 3.63) is 53.3 Å². The van der Waals surface area contributed by atoms with E-state index in [9.17, 15) is 4.79 Å². The molecule has 1 aliphatic rings. The summed E-state index contributed by atoms with van der Waals surface area (Å²) in [4.78, 5) is 20.1. The fourth-order valence-corrected chi connectivity index (χ4v) is 3.26. The van der Waals surface area contributed by atoms with Crippen LogP contribution in [-0.4, -0.2) is 21.9 Å². The van der Waals surface area contributed by atoms with Gasteiger partial charge in [-0.2, -0.15) is 0 Å². The zero-order valence-electron chi connectivity index (χ0n) is 13.1. The number of carbonyl (C=O) groups excluding carboxylic acids is 1. The quantitative estimate of drug-likeness (QED) is 0.781. The molecular formula is C18H19N3O2. The van der Waals surface area contributed by atoms with Gasteiger partial charge in [0.25, 0.3) is 5.91 Å². The van der Waals surface area contributed by atoms with Crippen LogP contribution in [0.1, 0.15) is 40.7 Å². The van der Waals surface area contributed by atoms with E-state index < -0.39 is 0 Å². The van der Waals surface area contributed by atoms with Crippen molar-refractivity contribution in [3.63, 3.8) is 0 Å². The molecule has 23 heavy (non-hydrogen) atoms. The SMILES string of the molecule is CCc1ccc2occ(C(=O)NC3CCc4nc[nH]c4C3)c2c1. The number of furan rings is 1. The molecule has 0 bridgehead atoms. The largest absolute Gasteiger partial charge is 0.463 e. The van der Waals surface area contributed by atoms with E-state index in [0.717, 1.165) is 48.0 Å². The molecule has 5 heteroatoms. The van der Waals surface area contributed by atoms with E-state index >= 15 is 0 Å². The van der Waals surface area contributed by atoms with Crippen LogP contribution in [0, 0.1) is 0 Å². The maximum absolute atomic E-state index is 12.6. The Morgan fingerprint density at radius 1 is 1.48 bits per heavy atom. The number of benzene rings is 1. The van der Waals surface area contributed by atoms with Gasteiger partial charge in [0.15, 0.2) is 0 Å². The highest BCUT2D eigenvalue weighted by atomic mass is 16.3. The van der Waals surface area contributed by atoms with Gasteiger partial charge in [-0.1, -0.05) is 13.0 Å². The zero-order valence-corrected chi connectivity index (χ0v) is 13.1. The van der Waals surface area contributed by atoms with Crippen molar-refractivity contribution < 1.29 is 9.21 Å². The van der Waals surface area contributed by atoms with Gasteiger partial charge in [-0.3, -0.25) is 4.79 Å². The molecule has 2 heterocycles. The molecule has 5 nitrogen and oxygen atoms in total. The fraction of sp³-hybridized carbons (Fsp3) is 0.333. The van der Waals surface area contributed by atoms with Gasteiger partial charge in [-0.25, -0.2) is 4.98 Å². The molecule has 0 spiro atoms. The van der Waals surface area contributed by atoms with Crippen LogP contribution in [0.15, 0.2) is 35.2 Å². The average Bonchev–Trinajstić information content (AvgIpc) is 3.20. The summed E-state index contributed by atoms with van der Waals surface area (Å²) < 4.78 is 5.53. The molecule has 1 aliphatic carbocycles. The van der Waals surface area contributed by atoms with Gasteiger partial charge < -0.3 is 14.7 Å². The minimum Gasteiger partial charge on any atom is -0.463 e. The molecule has 2 aromatic heterocycles. The highest BCUT2D eigenvalue weighted by Crippen LogP contribution is 2.24. The van der Waals surface area contributed by atoms with Crippen molar-refractivity contribution in [2.75, 3.05) is 0 Å². The van der Waals surface area contributed by atoms with Crippen LogP contribution in [-0.2, 0) is 19.3 Å². The number of aryl methyl sites for hydroxylation is 2. The number of carbonyl (C=O) groups is 1. The third-order valence-corrected chi connectivity index (χ3v) is 4.61. The Morgan fingerprint density at radius 2 is 2.39 bits per heavy atom. The van der Waals surface area contributed by atoms with Crippen molar-refractivity contribution in [1.29, 1.82) is 0 Å². The van der Waals surface area contributed by atoms with E-state index in [0.29, 0.717) is 5.56 Å². The summed E-state index contributed by atoms with van der Waals surface area (Å²) in [5, 5.41) is 4.02. The second-order valence-electron chi connectivity index (χ2n) is 6.07. The van der Waals surface area contributed by atoms with Crippen molar-refractivity contribution in [2.24, 2.45) is 0 Å². The van der Waals surface area contributed by atoms with Crippen LogP contribution in [0.5, 0.6) is 0 Å². The number of nitrogens with one attached hydrogen (secondary N) is 2. The lowest BCUT2D eigenvalue weighted by atomic mass is 9.96. The molecule has 0 saturated heterocycles. The van der Waals surface area contributed by atoms with Gasteiger partial charge in [0.05, 0.1) is 17.6 Å². The molecule has 3 aromatic rings. The first kappa shape index (κ1) is 14.1. The molecule has 118 valence electrons. The highest BCUT2D eigenvalue weighted by molar-refractivity contribution is 6.06. The molecule has 1 amide bonds. The van der Waals surface area contributed by atoms with E-state index in [4.69, 9.17) is 4.42 Å². The Kier molecular flexibility index (Phi) is 3.41. The van der Waals surface area contributed by atoms with Gasteiger partial charge in [0.1, 0.15) is 11.8 Å². The van der Waals surface area contributed by atoms with Crippen LogP contribution in [0.3, 0.4) is 0 Å². The smallest absolute Gasteiger partial charge is 0.255 e. The first-order valence-corrected chi connectivity index (χ1v) is 8.06. The second kappa shape index (κ2) is 5.57. The van der Waals surface area contributed by atoms with Gasteiger partial charge in [-0.15, -0.1) is 0 Å². The molecule has 1 aromatic carbocycles. The third-order valence-electron chi connectivity index (χ3n) is 4.61. The second-order valence-corrected chi connectivity index (χ2v) is 6.07. The molecule has 0 aliphatic heterocycles. The number of nitrogens with zero attached hydrogens (tertiary/aromatic N) is 1. The Hall–Kier alpha value is -2.56. The lowest BCUT2D eigenvalue weighted by molar-refractivity contribution is 0.0934. The third kappa shape index (κ3) is 2.52. The minimum atomic E-state index is -0.0648. The minimum absolute atomic E-state index is 0.0648. The highest BCUT2D eigenvalue weighted by Gasteiger charge is 2.23. The molecule has 1 unspecified atom stereocenters. The number of fused-ring (bicyclic) bond motifs is 2. The maximum Gasteiger partial charge on any atom is 0.255 e. The zero-order chi connectivity index (χ0) is 15.8. The summed E-state index contributed by atoms with van der Waals surface area (Å²) in [7, 11) is 0. The van der Waals surface area contributed by atoms with Crippen LogP contribution >= 0.6 is 0 Å². The molecule has 4 rings (SSSR count). The first-order chi connectivity index (χ1) is 11.2. The summed E-state index contributed by atoms with van der Waals surface area (Å²) in [6, 6.07) is 6.15. The van der Waals surface area contributed by atoms with E-state index in [-0.39, 0.29) is 11.9 Å². The topological polar surface area (TPSA) is 70.9 Å². The van der Waals surface area contributed by atoms with Gasteiger partial charge in [-0.05, 0) is 37.0 Å². The molecule has 0 saturated carbocycles. The lowest BCUT2D eigenvalue weighted by Crippen LogP contribution is -2.38. The van der Waals surface area contributed by atoms with Crippen molar-refractivity contribution >= 4 is 16.9 Å². The number of imidazole rings is 1. The Labute approximate surface area is 134 Å². The molecule has 0 fully saturated rings. The number of aromatic amines is 1. The Morgan fingerprint density at radius 3 is 3.26 bits per heavy atom. The maximum atomic E-state index is 12.6. The van der Waals surface area contributed by atoms with E-state index in [1.807, 2.05) is 18.2 Å². The van der Waals surface area contributed by atoms with Gasteiger partial charge in [0.2, 0.25) is 0 Å². The van der Waals surface area contributed by atoms with Crippen LogP contribution < -0.4 is 5.32 Å². The van der Waals surface area contributed by atoms with E-state index in [1.165, 1.54) is 5.56 Å². The number of H-pyrrole nitrogens is 1. The summed E-state index contributed by atoms with van der Waals surface area (Å²) in [5.74, 6) is -0.0648. The number of aromatic nitrogens is 2. The number of hydrogen-bond donors (Lipinski definition) is 2. The van der Waals surface area contributed by atoms with E-state index in [2.05, 4.69) is 22.2 Å². The van der Waals surface area contributed by atoms with Crippen molar-refractivity contribution in [3.8, 4) is 0 Å². The number of rotatable bonds is 3. The number of hydrogen-bond acceptors (Lipinski definition) is 3. The van der Waals surface area contributed by atoms with Crippen molar-refractivity contribution in [1.82, 2.24) is 15.3 Å². The normalized spacial score (nSPS) is 17.2. The Balaban J connectivity index is 1.55. The first-order valence-electron chi connectivity index (χ1n) is 8.06. The molecule has 1 atom stereocenters. The van der Waals surface area contributed by atoms with Gasteiger partial charge >= 0.3 is 0 Å². The average molecular weight is 309 g/mol. The van der Waals surface area contributed by atoms with Crippen LogP contribution in [0.4, 0.5) is 0 Å². The summed E-state index contributed by atoms with van der Waals surface area (Å²) >= 11 is 0. The predicted molar refractivity (Wildman–Crippen MR) is 87.5 cm³/mol. The fourth-order valence-electron chi connectivity index (χ4n) is 3.26. The monoisotopic (exact) mass is 309 g/mol. The summed E-state index contributed by atoms with van der Waals surface area (Å²) in [5.41, 5.74) is 4.83. The number of amides is 1. The van der Waals surface area contributed by atoms with Gasteiger partial charge in [0, 0.05) is 23.5 Å². The Bertz CT molecular complexity index is 862. The predicted octanol–water partition coefficient (Wildman–Crippen LogP) is 3.01. The van der Waals surface area contributed by atoms with Crippen LogP contribution in [0.25, 0.3) is 11.0 Å².